The third-order valence-corrected chi connectivity index (χ3v) is 2.90. The molecular formula is C16H18O6. The third-order valence-electron chi connectivity index (χ3n) is 2.90. The minimum absolute atomic E-state index is 0.0142. The number of carbonyl (C=O) groups is 3. The number of benzene rings is 1. The molecule has 6 heteroatoms. The molecule has 0 radical (unpaired) electrons. The maximum absolute atomic E-state index is 11.9. The highest BCUT2D eigenvalue weighted by molar-refractivity contribution is 6.02. The molecule has 1 unspecified atom stereocenters. The summed E-state index contributed by atoms with van der Waals surface area (Å²) in [4.78, 5) is 33.8. The molecule has 0 saturated carbocycles. The number of esters is 2. The number of ether oxygens (including phenoxy) is 2. The van der Waals surface area contributed by atoms with Crippen molar-refractivity contribution in [2.45, 2.75) is 13.3 Å². The largest absolute Gasteiger partial charge is 0.478 e. The van der Waals surface area contributed by atoms with Gasteiger partial charge in [0.05, 0.1) is 24.3 Å². The summed E-state index contributed by atoms with van der Waals surface area (Å²) in [7, 11) is 0. The van der Waals surface area contributed by atoms with Gasteiger partial charge >= 0.3 is 17.9 Å². The summed E-state index contributed by atoms with van der Waals surface area (Å²) >= 11 is 0. The van der Waals surface area contributed by atoms with Crippen LogP contribution in [0.4, 0.5) is 0 Å². The molecule has 1 aromatic rings. The van der Waals surface area contributed by atoms with Crippen LogP contribution in [0.5, 0.6) is 0 Å². The van der Waals surface area contributed by atoms with E-state index < -0.39 is 17.9 Å². The van der Waals surface area contributed by atoms with E-state index in [0.717, 1.165) is 6.08 Å². The molecule has 1 rings (SSSR count). The fourth-order valence-corrected chi connectivity index (χ4v) is 1.65. The molecule has 1 N–H and O–H groups in total. The van der Waals surface area contributed by atoms with Crippen LogP contribution in [0.25, 0.3) is 0 Å². The Bertz CT molecular complexity index is 564. The van der Waals surface area contributed by atoms with E-state index in [1.54, 1.807) is 6.07 Å². The van der Waals surface area contributed by atoms with Crippen molar-refractivity contribution >= 4 is 17.9 Å². The summed E-state index contributed by atoms with van der Waals surface area (Å²) in [6.07, 6.45) is 1.60. The Balaban J connectivity index is 2.47. The molecule has 0 aliphatic heterocycles. The molecule has 0 spiro atoms. The fourth-order valence-electron chi connectivity index (χ4n) is 1.65. The van der Waals surface area contributed by atoms with Crippen LogP contribution in [-0.2, 0) is 14.3 Å². The van der Waals surface area contributed by atoms with Gasteiger partial charge in [-0.15, -0.1) is 0 Å². The summed E-state index contributed by atoms with van der Waals surface area (Å²) in [5, 5.41) is 9.02. The summed E-state index contributed by atoms with van der Waals surface area (Å²) in [5.74, 6) is -2.40. The van der Waals surface area contributed by atoms with Crippen molar-refractivity contribution in [1.82, 2.24) is 0 Å². The molecule has 6 nitrogen and oxygen atoms in total. The van der Waals surface area contributed by atoms with Gasteiger partial charge in [0.15, 0.2) is 0 Å². The maximum Gasteiger partial charge on any atom is 0.339 e. The van der Waals surface area contributed by atoms with Crippen LogP contribution in [0.2, 0.25) is 0 Å². The number of hydrogen-bond donors (Lipinski definition) is 1. The monoisotopic (exact) mass is 306 g/mol. The van der Waals surface area contributed by atoms with Gasteiger partial charge in [0, 0.05) is 6.08 Å². The topological polar surface area (TPSA) is 89.9 Å². The van der Waals surface area contributed by atoms with Crippen molar-refractivity contribution in [3.05, 3.63) is 48.0 Å². The van der Waals surface area contributed by atoms with E-state index in [1.165, 1.54) is 18.2 Å². The van der Waals surface area contributed by atoms with E-state index in [-0.39, 0.29) is 30.3 Å². The van der Waals surface area contributed by atoms with Crippen LogP contribution < -0.4 is 0 Å². The second kappa shape index (κ2) is 8.61. The smallest absolute Gasteiger partial charge is 0.339 e. The number of aromatic carboxylic acids is 1. The summed E-state index contributed by atoms with van der Waals surface area (Å²) in [6, 6.07) is 5.86. The van der Waals surface area contributed by atoms with Gasteiger partial charge in [-0.05, 0) is 24.5 Å². The van der Waals surface area contributed by atoms with Crippen LogP contribution in [0.3, 0.4) is 0 Å². The van der Waals surface area contributed by atoms with Gasteiger partial charge in [-0.2, -0.15) is 0 Å². The molecule has 0 aliphatic carbocycles. The first kappa shape index (κ1) is 17.4. The van der Waals surface area contributed by atoms with E-state index in [1.807, 2.05) is 6.92 Å². The Morgan fingerprint density at radius 1 is 1.23 bits per heavy atom. The zero-order valence-corrected chi connectivity index (χ0v) is 12.3. The minimum Gasteiger partial charge on any atom is -0.478 e. The van der Waals surface area contributed by atoms with Gasteiger partial charge < -0.3 is 14.6 Å². The Morgan fingerprint density at radius 3 is 2.45 bits per heavy atom. The molecule has 0 aromatic heterocycles. The Labute approximate surface area is 128 Å². The summed E-state index contributed by atoms with van der Waals surface area (Å²) < 4.78 is 9.93. The maximum atomic E-state index is 11.9. The van der Waals surface area contributed by atoms with Gasteiger partial charge in [0.1, 0.15) is 0 Å². The molecule has 0 bridgehead atoms. The van der Waals surface area contributed by atoms with Crippen LogP contribution in [0.15, 0.2) is 36.9 Å². The van der Waals surface area contributed by atoms with E-state index >= 15 is 0 Å². The third kappa shape index (κ3) is 5.40. The van der Waals surface area contributed by atoms with E-state index in [0.29, 0.717) is 6.42 Å². The van der Waals surface area contributed by atoms with Crippen molar-refractivity contribution < 1.29 is 29.0 Å². The van der Waals surface area contributed by atoms with Gasteiger partial charge in [-0.1, -0.05) is 25.6 Å². The summed E-state index contributed by atoms with van der Waals surface area (Å²) in [6.45, 7) is 5.43. The molecule has 1 aromatic carbocycles. The molecule has 0 amide bonds. The van der Waals surface area contributed by atoms with E-state index in [4.69, 9.17) is 14.6 Å². The number of carboxylic acid groups (broad SMARTS) is 1. The van der Waals surface area contributed by atoms with Crippen LogP contribution >= 0.6 is 0 Å². The van der Waals surface area contributed by atoms with Crippen molar-refractivity contribution in [1.29, 1.82) is 0 Å². The first-order valence-electron chi connectivity index (χ1n) is 6.74. The predicted molar refractivity (Wildman–Crippen MR) is 78.6 cm³/mol. The molecule has 0 saturated heterocycles. The zero-order valence-electron chi connectivity index (χ0n) is 12.3. The highest BCUT2D eigenvalue weighted by Gasteiger charge is 2.17. The molecule has 118 valence electrons. The van der Waals surface area contributed by atoms with Crippen molar-refractivity contribution in [2.75, 3.05) is 13.2 Å². The number of carboxylic acids is 1. The zero-order chi connectivity index (χ0) is 16.5. The van der Waals surface area contributed by atoms with Crippen LogP contribution in [0.1, 0.15) is 34.1 Å². The molecule has 22 heavy (non-hydrogen) atoms. The molecule has 0 aliphatic rings. The van der Waals surface area contributed by atoms with Crippen molar-refractivity contribution in [3.63, 3.8) is 0 Å². The number of hydrogen-bond acceptors (Lipinski definition) is 5. The predicted octanol–water partition coefficient (Wildman–Crippen LogP) is 2.30. The molecule has 0 fully saturated rings. The van der Waals surface area contributed by atoms with Gasteiger partial charge in [-0.25, -0.2) is 14.4 Å². The number of carbonyl (C=O) groups excluding carboxylic acids is 2. The lowest BCUT2D eigenvalue weighted by atomic mass is 10.1. The first-order chi connectivity index (χ1) is 10.5. The quantitative estimate of drug-likeness (QED) is 0.585. The van der Waals surface area contributed by atoms with Crippen LogP contribution in [-0.4, -0.2) is 36.2 Å². The Kier molecular flexibility index (Phi) is 6.82. The molecule has 1 atom stereocenters. The normalized spacial score (nSPS) is 11.3. The van der Waals surface area contributed by atoms with Gasteiger partial charge in [-0.3, -0.25) is 0 Å². The Hall–Kier alpha value is -2.63. The van der Waals surface area contributed by atoms with Crippen LogP contribution in [0, 0.1) is 5.92 Å². The molecule has 0 heterocycles. The lowest BCUT2D eigenvalue weighted by Gasteiger charge is -2.12. The van der Waals surface area contributed by atoms with E-state index in [2.05, 4.69) is 6.58 Å². The Morgan fingerprint density at radius 2 is 1.86 bits per heavy atom. The van der Waals surface area contributed by atoms with E-state index in [9.17, 15) is 14.4 Å². The van der Waals surface area contributed by atoms with Crippen molar-refractivity contribution in [3.8, 4) is 0 Å². The fraction of sp³-hybridized carbons (Fsp3) is 0.312. The molecular weight excluding hydrogens is 288 g/mol. The van der Waals surface area contributed by atoms with Gasteiger partial charge in [0.2, 0.25) is 0 Å². The highest BCUT2D eigenvalue weighted by Crippen LogP contribution is 2.12. The lowest BCUT2D eigenvalue weighted by molar-refractivity contribution is -0.138. The first-order valence-corrected chi connectivity index (χ1v) is 6.74. The standard InChI is InChI=1S/C16H18O6/c1-3-14(17)21-9-8-11(2)10-22-16(20)13-7-5-4-6-12(13)15(18)19/h3-7,11H,1,8-10H2,2H3,(H,18,19). The second-order valence-electron chi connectivity index (χ2n) is 4.71. The second-order valence-corrected chi connectivity index (χ2v) is 4.71. The summed E-state index contributed by atoms with van der Waals surface area (Å²) in [5.41, 5.74) is -0.0830. The van der Waals surface area contributed by atoms with Crippen molar-refractivity contribution in [2.24, 2.45) is 5.92 Å². The number of rotatable bonds is 8. The average molecular weight is 306 g/mol. The van der Waals surface area contributed by atoms with Gasteiger partial charge in [0.25, 0.3) is 0 Å². The average Bonchev–Trinajstić information content (AvgIpc) is 2.52. The SMILES string of the molecule is C=CC(=O)OCCC(C)COC(=O)c1ccccc1C(=O)O. The lowest BCUT2D eigenvalue weighted by Crippen LogP contribution is -2.16. The highest BCUT2D eigenvalue weighted by atomic mass is 16.5. The minimum atomic E-state index is -1.18.